The molecular formula is C19H23N7O2. The molecule has 2 aromatic heterocycles. The number of benzene rings is 1. The second-order valence-corrected chi connectivity index (χ2v) is 7.20. The zero-order valence-electron chi connectivity index (χ0n) is 15.9. The SMILES string of the molecule is CC(C)c1noc(C2CCCCN2C(=O)Nc2cccc(-n3cnnc3)c2)n1. The van der Waals surface area contributed by atoms with Crippen LogP contribution in [0.25, 0.3) is 5.69 Å². The average molecular weight is 381 g/mol. The van der Waals surface area contributed by atoms with Gasteiger partial charge in [0, 0.05) is 18.2 Å². The molecule has 2 amide bonds. The predicted octanol–water partition coefficient (Wildman–Crippen LogP) is 3.53. The molecule has 9 nitrogen and oxygen atoms in total. The van der Waals surface area contributed by atoms with Crippen molar-refractivity contribution < 1.29 is 9.32 Å². The third-order valence-electron chi connectivity index (χ3n) is 4.84. The van der Waals surface area contributed by atoms with Gasteiger partial charge in [0.25, 0.3) is 0 Å². The summed E-state index contributed by atoms with van der Waals surface area (Å²) in [6.07, 6.45) is 6.02. The molecule has 4 rings (SSSR count). The number of piperidine rings is 1. The first kappa shape index (κ1) is 18.1. The second kappa shape index (κ2) is 7.79. The van der Waals surface area contributed by atoms with Gasteiger partial charge in [0.15, 0.2) is 5.82 Å². The molecule has 9 heteroatoms. The predicted molar refractivity (Wildman–Crippen MR) is 102 cm³/mol. The molecule has 1 unspecified atom stereocenters. The van der Waals surface area contributed by atoms with E-state index in [1.54, 1.807) is 22.1 Å². The topological polar surface area (TPSA) is 102 Å². The van der Waals surface area contributed by atoms with Gasteiger partial charge in [-0.25, -0.2) is 4.79 Å². The molecule has 1 aromatic carbocycles. The van der Waals surface area contributed by atoms with E-state index in [-0.39, 0.29) is 18.0 Å². The molecule has 1 aliphatic rings. The molecule has 3 aromatic rings. The lowest BCUT2D eigenvalue weighted by atomic mass is 10.0. The monoisotopic (exact) mass is 381 g/mol. The highest BCUT2D eigenvalue weighted by Crippen LogP contribution is 2.31. The number of hydrogen-bond acceptors (Lipinski definition) is 6. The Kier molecular flexibility index (Phi) is 5.05. The number of anilines is 1. The Balaban J connectivity index is 1.51. The van der Waals surface area contributed by atoms with E-state index >= 15 is 0 Å². The molecule has 0 saturated carbocycles. The number of rotatable bonds is 4. The first-order valence-electron chi connectivity index (χ1n) is 9.48. The number of hydrogen-bond donors (Lipinski definition) is 1. The Bertz CT molecular complexity index is 935. The highest BCUT2D eigenvalue weighted by Gasteiger charge is 2.32. The zero-order chi connectivity index (χ0) is 19.5. The summed E-state index contributed by atoms with van der Waals surface area (Å²) in [4.78, 5) is 19.3. The average Bonchev–Trinajstić information content (AvgIpc) is 3.40. The second-order valence-electron chi connectivity index (χ2n) is 7.20. The Morgan fingerprint density at radius 2 is 2.07 bits per heavy atom. The summed E-state index contributed by atoms with van der Waals surface area (Å²) < 4.78 is 7.25. The minimum Gasteiger partial charge on any atom is -0.337 e. The van der Waals surface area contributed by atoms with Gasteiger partial charge >= 0.3 is 6.03 Å². The van der Waals surface area contributed by atoms with E-state index in [0.29, 0.717) is 23.9 Å². The number of carbonyl (C=O) groups is 1. The van der Waals surface area contributed by atoms with Crippen molar-refractivity contribution in [3.63, 3.8) is 0 Å². The number of amides is 2. The summed E-state index contributed by atoms with van der Waals surface area (Å²) in [5.41, 5.74) is 1.57. The number of carbonyl (C=O) groups excluding carboxylic acids is 1. The van der Waals surface area contributed by atoms with Crippen LogP contribution < -0.4 is 5.32 Å². The van der Waals surface area contributed by atoms with Gasteiger partial charge in [0.1, 0.15) is 18.7 Å². The van der Waals surface area contributed by atoms with E-state index in [1.807, 2.05) is 38.1 Å². The molecule has 0 bridgehead atoms. The Morgan fingerprint density at radius 1 is 1.25 bits per heavy atom. The van der Waals surface area contributed by atoms with E-state index in [2.05, 4.69) is 25.7 Å². The van der Waals surface area contributed by atoms with Crippen molar-refractivity contribution in [2.45, 2.75) is 45.1 Å². The van der Waals surface area contributed by atoms with Crippen molar-refractivity contribution in [2.24, 2.45) is 0 Å². The van der Waals surface area contributed by atoms with E-state index < -0.39 is 0 Å². The van der Waals surface area contributed by atoms with Crippen LogP contribution in [0, 0.1) is 0 Å². The van der Waals surface area contributed by atoms with Gasteiger partial charge in [0.2, 0.25) is 5.89 Å². The van der Waals surface area contributed by atoms with Gasteiger partial charge < -0.3 is 14.7 Å². The maximum absolute atomic E-state index is 13.0. The summed E-state index contributed by atoms with van der Waals surface area (Å²) in [5.74, 6) is 1.36. The minimum atomic E-state index is -0.199. The van der Waals surface area contributed by atoms with Gasteiger partial charge in [0.05, 0.1) is 5.69 Å². The summed E-state index contributed by atoms with van der Waals surface area (Å²) in [5, 5.41) is 14.7. The van der Waals surface area contributed by atoms with Crippen LogP contribution in [0.2, 0.25) is 0 Å². The lowest BCUT2D eigenvalue weighted by molar-refractivity contribution is 0.142. The van der Waals surface area contributed by atoms with E-state index in [1.165, 1.54) is 0 Å². The van der Waals surface area contributed by atoms with E-state index in [0.717, 1.165) is 24.9 Å². The first-order valence-corrected chi connectivity index (χ1v) is 9.48. The third-order valence-corrected chi connectivity index (χ3v) is 4.84. The first-order chi connectivity index (χ1) is 13.6. The van der Waals surface area contributed by atoms with Gasteiger partial charge in [-0.3, -0.25) is 4.57 Å². The molecule has 0 spiro atoms. The lowest BCUT2D eigenvalue weighted by Crippen LogP contribution is -2.41. The van der Waals surface area contributed by atoms with Crippen LogP contribution in [0.4, 0.5) is 10.5 Å². The van der Waals surface area contributed by atoms with Gasteiger partial charge in [-0.15, -0.1) is 10.2 Å². The third kappa shape index (κ3) is 3.73. The fourth-order valence-corrected chi connectivity index (χ4v) is 3.32. The van der Waals surface area contributed by atoms with Crippen LogP contribution in [-0.2, 0) is 0 Å². The van der Waals surface area contributed by atoms with E-state index in [4.69, 9.17) is 4.52 Å². The van der Waals surface area contributed by atoms with Crippen molar-refractivity contribution in [1.29, 1.82) is 0 Å². The fourth-order valence-electron chi connectivity index (χ4n) is 3.32. The van der Waals surface area contributed by atoms with Crippen molar-refractivity contribution >= 4 is 11.7 Å². The standard InChI is InChI=1S/C19H23N7O2/c1-13(2)17-23-18(28-24-17)16-8-3-4-9-26(16)19(27)22-14-6-5-7-15(10-14)25-11-20-21-12-25/h5-7,10-13,16H,3-4,8-9H2,1-2H3,(H,22,27). The molecule has 28 heavy (non-hydrogen) atoms. The summed E-state index contributed by atoms with van der Waals surface area (Å²) >= 11 is 0. The zero-order valence-corrected chi connectivity index (χ0v) is 15.9. The van der Waals surface area contributed by atoms with Crippen molar-refractivity contribution in [1.82, 2.24) is 29.8 Å². The lowest BCUT2D eigenvalue weighted by Gasteiger charge is -2.33. The summed E-state index contributed by atoms with van der Waals surface area (Å²) in [6, 6.07) is 7.17. The number of urea groups is 1. The van der Waals surface area contributed by atoms with Gasteiger partial charge in [-0.05, 0) is 37.5 Å². The molecule has 1 N–H and O–H groups in total. The van der Waals surface area contributed by atoms with Crippen LogP contribution in [-0.4, -0.2) is 42.4 Å². The van der Waals surface area contributed by atoms with Gasteiger partial charge in [-0.1, -0.05) is 25.1 Å². The van der Waals surface area contributed by atoms with Crippen LogP contribution in [0.1, 0.15) is 56.8 Å². The normalized spacial score (nSPS) is 17.1. The van der Waals surface area contributed by atoms with Crippen LogP contribution in [0.15, 0.2) is 41.4 Å². The number of likely N-dealkylation sites (tertiary alicyclic amines) is 1. The van der Waals surface area contributed by atoms with Crippen molar-refractivity contribution in [3.05, 3.63) is 48.6 Å². The van der Waals surface area contributed by atoms with Crippen LogP contribution in [0.3, 0.4) is 0 Å². The smallest absolute Gasteiger partial charge is 0.322 e. The highest BCUT2D eigenvalue weighted by atomic mass is 16.5. The van der Waals surface area contributed by atoms with Crippen molar-refractivity contribution in [2.75, 3.05) is 11.9 Å². The summed E-state index contributed by atoms with van der Waals surface area (Å²) in [6.45, 7) is 4.69. The number of nitrogens with one attached hydrogen (secondary N) is 1. The largest absolute Gasteiger partial charge is 0.337 e. The number of aromatic nitrogens is 5. The Morgan fingerprint density at radius 3 is 2.82 bits per heavy atom. The number of nitrogens with zero attached hydrogens (tertiary/aromatic N) is 6. The molecule has 1 atom stereocenters. The maximum atomic E-state index is 13.0. The highest BCUT2D eigenvalue weighted by molar-refractivity contribution is 5.90. The van der Waals surface area contributed by atoms with Crippen LogP contribution >= 0.6 is 0 Å². The molecule has 0 aliphatic carbocycles. The van der Waals surface area contributed by atoms with Gasteiger partial charge in [-0.2, -0.15) is 4.98 Å². The molecule has 0 radical (unpaired) electrons. The quantitative estimate of drug-likeness (QED) is 0.742. The maximum Gasteiger partial charge on any atom is 0.322 e. The molecule has 1 aliphatic heterocycles. The summed E-state index contributed by atoms with van der Waals surface area (Å²) in [7, 11) is 0. The molecule has 1 fully saturated rings. The Labute approximate surface area is 162 Å². The van der Waals surface area contributed by atoms with Crippen molar-refractivity contribution in [3.8, 4) is 5.69 Å². The molecular weight excluding hydrogens is 358 g/mol. The molecule has 1 saturated heterocycles. The molecule has 146 valence electrons. The van der Waals surface area contributed by atoms with Crippen LogP contribution in [0.5, 0.6) is 0 Å². The Hall–Kier alpha value is -3.23. The minimum absolute atomic E-state index is 0.171. The van der Waals surface area contributed by atoms with E-state index in [9.17, 15) is 4.79 Å². The molecule has 3 heterocycles. The fraction of sp³-hybridized carbons (Fsp3) is 0.421.